The van der Waals surface area contributed by atoms with Crippen LogP contribution in [0.1, 0.15) is 31.2 Å². The number of anilines is 1. The molecule has 1 heterocycles. The number of nitrogens with one attached hydrogen (secondary N) is 1. The molecule has 1 spiro atoms. The van der Waals surface area contributed by atoms with Gasteiger partial charge in [-0.3, -0.25) is 9.69 Å². The van der Waals surface area contributed by atoms with Gasteiger partial charge in [0.1, 0.15) is 12.4 Å². The first-order valence-electron chi connectivity index (χ1n) is 10.2. The fourth-order valence-electron chi connectivity index (χ4n) is 3.77. The van der Waals surface area contributed by atoms with Gasteiger partial charge >= 0.3 is 0 Å². The quantitative estimate of drug-likeness (QED) is 0.767. The summed E-state index contributed by atoms with van der Waals surface area (Å²) in [5, 5.41) is 2.94. The van der Waals surface area contributed by atoms with Gasteiger partial charge in [-0.2, -0.15) is 0 Å². The third-order valence-corrected chi connectivity index (χ3v) is 5.36. The Balaban J connectivity index is 1.23. The first-order chi connectivity index (χ1) is 14.0. The van der Waals surface area contributed by atoms with Gasteiger partial charge in [0.15, 0.2) is 11.5 Å². The number of likely N-dealkylation sites (N-methyl/N-ethyl adjacent to an activating group) is 1. The number of fused-ring (bicyclic) bond motifs is 1. The lowest BCUT2D eigenvalue weighted by Gasteiger charge is -2.21. The summed E-state index contributed by atoms with van der Waals surface area (Å²) in [5.41, 5.74) is 1.92. The predicted octanol–water partition coefficient (Wildman–Crippen LogP) is 3.99. The van der Waals surface area contributed by atoms with E-state index in [-0.39, 0.29) is 12.5 Å². The van der Waals surface area contributed by atoms with Crippen molar-refractivity contribution in [3.8, 4) is 17.2 Å². The highest BCUT2D eigenvalue weighted by Gasteiger charge is 2.44. The lowest BCUT2D eigenvalue weighted by molar-refractivity contribution is -0.117. The molecule has 2 aromatic carbocycles. The monoisotopic (exact) mass is 396 g/mol. The number of carbonyl (C=O) groups is 1. The fourth-order valence-corrected chi connectivity index (χ4v) is 3.77. The summed E-state index contributed by atoms with van der Waals surface area (Å²) in [7, 11) is 1.90. The van der Waals surface area contributed by atoms with Crippen molar-refractivity contribution in [2.45, 2.75) is 38.4 Å². The minimum atomic E-state index is -0.483. The van der Waals surface area contributed by atoms with Crippen molar-refractivity contribution >= 4 is 11.6 Å². The average molecular weight is 396 g/mol. The van der Waals surface area contributed by atoms with Crippen LogP contribution in [0, 0.1) is 6.92 Å². The summed E-state index contributed by atoms with van der Waals surface area (Å²) in [4.78, 5) is 14.3. The lowest BCUT2D eigenvalue weighted by atomic mass is 10.2. The van der Waals surface area contributed by atoms with E-state index in [1.165, 1.54) is 5.56 Å². The normalized spacial score (nSPS) is 16.4. The van der Waals surface area contributed by atoms with Gasteiger partial charge in [0, 0.05) is 31.1 Å². The van der Waals surface area contributed by atoms with Crippen molar-refractivity contribution in [1.29, 1.82) is 0 Å². The summed E-state index contributed by atoms with van der Waals surface area (Å²) in [6.07, 6.45) is 4.08. The fraction of sp³-hybridized carbons (Fsp3) is 0.435. The Labute approximate surface area is 171 Å². The second kappa shape index (κ2) is 8.33. The lowest BCUT2D eigenvalue weighted by Crippen LogP contribution is -2.34. The minimum absolute atomic E-state index is 0.0720. The highest BCUT2D eigenvalue weighted by molar-refractivity contribution is 5.92. The van der Waals surface area contributed by atoms with Crippen LogP contribution in [0.5, 0.6) is 17.2 Å². The average Bonchev–Trinajstić information content (AvgIpc) is 3.28. The van der Waals surface area contributed by atoms with Crippen LogP contribution in [0.3, 0.4) is 0 Å². The van der Waals surface area contributed by atoms with Crippen molar-refractivity contribution < 1.29 is 19.0 Å². The van der Waals surface area contributed by atoms with Crippen molar-refractivity contribution in [3.63, 3.8) is 0 Å². The number of amides is 1. The Morgan fingerprint density at radius 1 is 1.10 bits per heavy atom. The summed E-state index contributed by atoms with van der Waals surface area (Å²) in [6, 6.07) is 13.5. The molecule has 0 aromatic heterocycles. The van der Waals surface area contributed by atoms with Crippen LogP contribution < -0.4 is 19.5 Å². The summed E-state index contributed by atoms with van der Waals surface area (Å²) in [5.74, 6) is 1.76. The van der Waals surface area contributed by atoms with Crippen LogP contribution in [0.25, 0.3) is 0 Å². The van der Waals surface area contributed by atoms with Crippen LogP contribution in [0.2, 0.25) is 0 Å². The highest BCUT2D eigenvalue weighted by atomic mass is 16.7. The maximum Gasteiger partial charge on any atom is 0.251 e. The Bertz CT molecular complexity index is 860. The minimum Gasteiger partial charge on any atom is -0.492 e. The van der Waals surface area contributed by atoms with Gasteiger partial charge in [-0.05, 0) is 51.1 Å². The van der Waals surface area contributed by atoms with Gasteiger partial charge in [0.2, 0.25) is 5.91 Å². The van der Waals surface area contributed by atoms with Gasteiger partial charge < -0.3 is 19.5 Å². The smallest absolute Gasteiger partial charge is 0.251 e. The molecule has 2 aliphatic rings. The van der Waals surface area contributed by atoms with Crippen LogP contribution >= 0.6 is 0 Å². The van der Waals surface area contributed by atoms with Crippen LogP contribution in [0.4, 0.5) is 5.69 Å². The zero-order valence-electron chi connectivity index (χ0n) is 17.1. The summed E-state index contributed by atoms with van der Waals surface area (Å²) < 4.78 is 17.8. The van der Waals surface area contributed by atoms with Gasteiger partial charge in [0.05, 0.1) is 6.54 Å². The number of nitrogens with zero attached hydrogens (tertiary/aromatic N) is 1. The maximum absolute atomic E-state index is 12.4. The van der Waals surface area contributed by atoms with E-state index in [0.717, 1.165) is 42.9 Å². The first-order valence-corrected chi connectivity index (χ1v) is 10.2. The van der Waals surface area contributed by atoms with E-state index in [1.807, 2.05) is 61.3 Å². The third-order valence-electron chi connectivity index (χ3n) is 5.36. The van der Waals surface area contributed by atoms with E-state index in [2.05, 4.69) is 5.32 Å². The molecule has 0 bridgehead atoms. The first kappa shape index (κ1) is 19.6. The predicted molar refractivity (Wildman–Crippen MR) is 112 cm³/mol. The molecular weight excluding hydrogens is 368 g/mol. The van der Waals surface area contributed by atoms with E-state index in [9.17, 15) is 4.79 Å². The van der Waals surface area contributed by atoms with E-state index >= 15 is 0 Å². The molecule has 2 aromatic rings. The number of carbonyl (C=O) groups excluding carboxylic acids is 1. The number of hydrogen-bond donors (Lipinski definition) is 1. The summed E-state index contributed by atoms with van der Waals surface area (Å²) >= 11 is 0. The molecule has 6 heteroatoms. The molecule has 1 aliphatic heterocycles. The number of hydrogen-bond acceptors (Lipinski definition) is 5. The third kappa shape index (κ3) is 4.82. The molecule has 6 nitrogen and oxygen atoms in total. The van der Waals surface area contributed by atoms with E-state index in [1.54, 1.807) is 0 Å². The number of rotatable bonds is 7. The molecule has 0 atom stereocenters. The molecule has 0 saturated heterocycles. The van der Waals surface area contributed by atoms with Crippen molar-refractivity contribution in [1.82, 2.24) is 4.90 Å². The number of benzene rings is 2. The van der Waals surface area contributed by atoms with Crippen LogP contribution in [0.15, 0.2) is 42.5 Å². The van der Waals surface area contributed by atoms with Gasteiger partial charge in [0.25, 0.3) is 5.79 Å². The Morgan fingerprint density at radius 2 is 1.83 bits per heavy atom. The van der Waals surface area contributed by atoms with Gasteiger partial charge in [-0.1, -0.05) is 17.7 Å². The van der Waals surface area contributed by atoms with E-state index in [0.29, 0.717) is 18.9 Å². The molecular formula is C23H28N2O4. The van der Waals surface area contributed by atoms with Gasteiger partial charge in [-0.25, -0.2) is 0 Å². The topological polar surface area (TPSA) is 60.0 Å². The largest absolute Gasteiger partial charge is 0.492 e. The second-order valence-electron chi connectivity index (χ2n) is 7.93. The van der Waals surface area contributed by atoms with Gasteiger partial charge in [-0.15, -0.1) is 0 Å². The molecule has 0 radical (unpaired) electrons. The molecule has 4 rings (SSSR count). The van der Waals surface area contributed by atoms with Crippen molar-refractivity contribution in [2.75, 3.05) is 32.1 Å². The molecule has 29 heavy (non-hydrogen) atoms. The van der Waals surface area contributed by atoms with E-state index < -0.39 is 5.79 Å². The highest BCUT2D eigenvalue weighted by Crippen LogP contribution is 2.47. The molecule has 1 fully saturated rings. The standard InChI is InChI=1S/C23H28N2O4/c1-17-5-8-19(9-6-17)27-14-13-25(2)16-22(26)24-18-7-10-20-21(15-18)29-23(28-20)11-3-4-12-23/h5-10,15H,3-4,11-14,16H2,1-2H3,(H,24,26). The zero-order valence-corrected chi connectivity index (χ0v) is 17.1. The molecule has 1 saturated carbocycles. The number of ether oxygens (including phenoxy) is 3. The maximum atomic E-state index is 12.4. The zero-order chi connectivity index (χ0) is 20.3. The molecule has 1 amide bonds. The second-order valence-corrected chi connectivity index (χ2v) is 7.93. The Morgan fingerprint density at radius 3 is 2.59 bits per heavy atom. The Kier molecular flexibility index (Phi) is 5.62. The summed E-state index contributed by atoms with van der Waals surface area (Å²) in [6.45, 7) is 3.52. The van der Waals surface area contributed by atoms with Crippen molar-refractivity contribution in [2.24, 2.45) is 0 Å². The molecule has 1 N–H and O–H groups in total. The Hall–Kier alpha value is -2.73. The SMILES string of the molecule is Cc1ccc(OCCN(C)CC(=O)Nc2ccc3c(c2)OC2(CCCC2)O3)cc1. The number of aryl methyl sites for hydroxylation is 1. The van der Waals surface area contributed by atoms with Crippen LogP contribution in [-0.4, -0.2) is 43.3 Å². The van der Waals surface area contributed by atoms with Crippen molar-refractivity contribution in [3.05, 3.63) is 48.0 Å². The molecule has 154 valence electrons. The van der Waals surface area contributed by atoms with E-state index in [4.69, 9.17) is 14.2 Å². The molecule has 1 aliphatic carbocycles. The van der Waals surface area contributed by atoms with Crippen LogP contribution in [-0.2, 0) is 4.79 Å². The molecule has 0 unspecified atom stereocenters.